The van der Waals surface area contributed by atoms with Crippen LogP contribution in [0.2, 0.25) is 0 Å². The predicted molar refractivity (Wildman–Crippen MR) is 97.5 cm³/mol. The van der Waals surface area contributed by atoms with Crippen LogP contribution < -0.4 is 16.1 Å². The van der Waals surface area contributed by atoms with Gasteiger partial charge in [0.15, 0.2) is 11.5 Å². The minimum atomic E-state index is -0.320. The molecular weight excluding hydrogens is 367 g/mol. The highest BCUT2D eigenvalue weighted by atomic mass is 19.1. The van der Waals surface area contributed by atoms with Gasteiger partial charge in [0.05, 0.1) is 6.04 Å². The number of rotatable bonds is 5. The molecule has 2 aromatic rings. The van der Waals surface area contributed by atoms with Crippen LogP contribution in [-0.4, -0.2) is 39.8 Å². The first kappa shape index (κ1) is 18.4. The van der Waals surface area contributed by atoms with Crippen molar-refractivity contribution in [1.29, 1.82) is 0 Å². The zero-order valence-electron chi connectivity index (χ0n) is 15.1. The van der Waals surface area contributed by atoms with Crippen molar-refractivity contribution in [2.45, 2.75) is 44.2 Å². The summed E-state index contributed by atoms with van der Waals surface area (Å²) in [7, 11) is 0. The molecule has 1 aromatic heterocycles. The van der Waals surface area contributed by atoms with Crippen LogP contribution >= 0.6 is 0 Å². The number of aromatic nitrogens is 2. The summed E-state index contributed by atoms with van der Waals surface area (Å²) in [6.45, 7) is 0.448. The molecule has 1 aromatic carbocycles. The Morgan fingerprint density at radius 3 is 3.07 bits per heavy atom. The highest BCUT2D eigenvalue weighted by Gasteiger charge is 2.26. The van der Waals surface area contributed by atoms with Gasteiger partial charge >= 0.3 is 0 Å². The van der Waals surface area contributed by atoms with Crippen LogP contribution in [0.1, 0.15) is 48.5 Å². The number of hydrogen-bond donors (Lipinski definition) is 4. The number of benzene rings is 1. The van der Waals surface area contributed by atoms with Gasteiger partial charge in [-0.15, -0.1) is 0 Å². The lowest BCUT2D eigenvalue weighted by Crippen LogP contribution is -2.43. The number of amides is 1. The molecule has 0 saturated carbocycles. The van der Waals surface area contributed by atoms with Gasteiger partial charge in [0, 0.05) is 19.0 Å². The summed E-state index contributed by atoms with van der Waals surface area (Å²) >= 11 is 0. The fourth-order valence-electron chi connectivity index (χ4n) is 3.70. The SMILES string of the molecule is O=C1CCCC(CNc2nonc2C(=NC2CCc3ccc(F)cc32)NO)N1. The number of hydroxylamine groups is 1. The molecule has 2 atom stereocenters. The average Bonchev–Trinajstić information content (AvgIpc) is 3.31. The molecule has 9 nitrogen and oxygen atoms in total. The topological polar surface area (TPSA) is 125 Å². The standard InChI is InChI=1S/C18H21FN6O3/c19-11-6-4-10-5-7-14(13(10)8-11)22-18(23-27)16-17(25-28-24-16)20-9-12-2-1-3-15(26)21-12/h4,6,8,12,14,27H,1-3,5,7,9H2,(H,20,25)(H,21,26)(H,22,23). The van der Waals surface area contributed by atoms with Crippen molar-refractivity contribution in [3.05, 3.63) is 40.8 Å². The number of piperidine rings is 1. The number of aryl methyl sites for hydroxylation is 1. The first-order valence-electron chi connectivity index (χ1n) is 9.26. The quantitative estimate of drug-likeness (QED) is 0.349. The van der Waals surface area contributed by atoms with Crippen LogP contribution in [0.4, 0.5) is 10.2 Å². The maximum Gasteiger partial charge on any atom is 0.220 e. The molecule has 0 spiro atoms. The fraction of sp³-hybridized carbons (Fsp3) is 0.444. The second kappa shape index (κ2) is 7.93. The van der Waals surface area contributed by atoms with Gasteiger partial charge in [0.2, 0.25) is 11.7 Å². The van der Waals surface area contributed by atoms with E-state index in [-0.39, 0.29) is 35.3 Å². The number of amidine groups is 1. The molecule has 0 bridgehead atoms. The van der Waals surface area contributed by atoms with Gasteiger partial charge in [-0.1, -0.05) is 6.07 Å². The molecule has 10 heteroatoms. The highest BCUT2D eigenvalue weighted by molar-refractivity contribution is 6.00. The number of nitrogens with zero attached hydrogens (tertiary/aromatic N) is 3. The van der Waals surface area contributed by atoms with Gasteiger partial charge in [0.1, 0.15) is 5.82 Å². The molecule has 2 unspecified atom stereocenters. The van der Waals surface area contributed by atoms with Gasteiger partial charge in [0.25, 0.3) is 0 Å². The third kappa shape index (κ3) is 3.81. The Labute approximate surface area is 160 Å². The number of carbonyl (C=O) groups is 1. The van der Waals surface area contributed by atoms with E-state index in [1.165, 1.54) is 12.1 Å². The van der Waals surface area contributed by atoms with E-state index in [9.17, 15) is 14.4 Å². The van der Waals surface area contributed by atoms with Gasteiger partial charge in [-0.2, -0.15) is 0 Å². The smallest absolute Gasteiger partial charge is 0.220 e. The monoisotopic (exact) mass is 388 g/mol. The molecule has 0 radical (unpaired) electrons. The van der Waals surface area contributed by atoms with E-state index in [0.29, 0.717) is 25.2 Å². The van der Waals surface area contributed by atoms with E-state index in [1.54, 1.807) is 6.07 Å². The average molecular weight is 388 g/mol. The van der Waals surface area contributed by atoms with Gasteiger partial charge in [-0.05, 0) is 59.3 Å². The molecule has 148 valence electrons. The van der Waals surface area contributed by atoms with Crippen molar-refractivity contribution in [2.75, 3.05) is 11.9 Å². The van der Waals surface area contributed by atoms with Crippen LogP contribution in [0.15, 0.2) is 27.8 Å². The lowest BCUT2D eigenvalue weighted by atomic mass is 10.0. The number of halogens is 1. The molecule has 28 heavy (non-hydrogen) atoms. The molecule has 1 saturated heterocycles. The van der Waals surface area contributed by atoms with E-state index < -0.39 is 0 Å². The van der Waals surface area contributed by atoms with Crippen LogP contribution in [-0.2, 0) is 11.2 Å². The Bertz CT molecular complexity index is 899. The van der Waals surface area contributed by atoms with E-state index in [4.69, 9.17) is 4.63 Å². The van der Waals surface area contributed by atoms with Crippen molar-refractivity contribution >= 4 is 17.6 Å². The van der Waals surface area contributed by atoms with Crippen LogP contribution in [0.25, 0.3) is 0 Å². The molecule has 1 aliphatic heterocycles. The number of nitrogens with one attached hydrogen (secondary N) is 3. The van der Waals surface area contributed by atoms with Gasteiger partial charge < -0.3 is 10.6 Å². The highest BCUT2D eigenvalue weighted by Crippen LogP contribution is 2.35. The second-order valence-electron chi connectivity index (χ2n) is 6.99. The number of anilines is 1. The largest absolute Gasteiger partial charge is 0.363 e. The van der Waals surface area contributed by atoms with Crippen molar-refractivity contribution < 1.29 is 19.0 Å². The number of fused-ring (bicyclic) bond motifs is 1. The Morgan fingerprint density at radius 1 is 1.36 bits per heavy atom. The van der Waals surface area contributed by atoms with Gasteiger partial charge in [-0.3, -0.25) is 20.5 Å². The summed E-state index contributed by atoms with van der Waals surface area (Å²) < 4.78 is 18.4. The molecule has 4 rings (SSSR count). The van der Waals surface area contributed by atoms with Crippen molar-refractivity contribution in [3.63, 3.8) is 0 Å². The Hall–Kier alpha value is -3.01. The van der Waals surface area contributed by atoms with Crippen molar-refractivity contribution in [1.82, 2.24) is 21.1 Å². The first-order valence-corrected chi connectivity index (χ1v) is 9.26. The summed E-state index contributed by atoms with van der Waals surface area (Å²) in [5.74, 6) is 0.0958. The third-order valence-electron chi connectivity index (χ3n) is 5.10. The number of aliphatic imine (C=N–C) groups is 1. The Balaban J connectivity index is 1.50. The number of carbonyl (C=O) groups excluding carboxylic acids is 1. The zero-order valence-corrected chi connectivity index (χ0v) is 15.1. The summed E-state index contributed by atoms with van der Waals surface area (Å²) in [5, 5.41) is 23.2. The molecule has 1 fully saturated rings. The normalized spacial score (nSPS) is 21.9. The molecule has 2 heterocycles. The fourth-order valence-corrected chi connectivity index (χ4v) is 3.70. The van der Waals surface area contributed by atoms with Crippen molar-refractivity contribution in [2.24, 2.45) is 4.99 Å². The molecule has 4 N–H and O–H groups in total. The summed E-state index contributed by atoms with van der Waals surface area (Å²) in [5.41, 5.74) is 4.10. The lowest BCUT2D eigenvalue weighted by Gasteiger charge is -2.23. The number of hydrogen-bond acceptors (Lipinski definition) is 7. The minimum Gasteiger partial charge on any atom is -0.363 e. The van der Waals surface area contributed by atoms with E-state index in [2.05, 4.69) is 25.9 Å². The van der Waals surface area contributed by atoms with Crippen LogP contribution in [0.3, 0.4) is 0 Å². The minimum absolute atomic E-state index is 0.0158. The summed E-state index contributed by atoms with van der Waals surface area (Å²) in [6.07, 6.45) is 3.73. The Morgan fingerprint density at radius 2 is 2.25 bits per heavy atom. The van der Waals surface area contributed by atoms with Crippen molar-refractivity contribution in [3.8, 4) is 0 Å². The molecular formula is C18H21FN6O3. The van der Waals surface area contributed by atoms with E-state index in [1.807, 2.05) is 5.48 Å². The maximum atomic E-state index is 13.6. The first-order chi connectivity index (χ1) is 13.6. The maximum absolute atomic E-state index is 13.6. The van der Waals surface area contributed by atoms with E-state index >= 15 is 0 Å². The zero-order chi connectivity index (χ0) is 19.5. The summed E-state index contributed by atoms with van der Waals surface area (Å²) in [4.78, 5) is 16.0. The van der Waals surface area contributed by atoms with Crippen LogP contribution in [0.5, 0.6) is 0 Å². The predicted octanol–water partition coefficient (Wildman–Crippen LogP) is 1.70. The summed E-state index contributed by atoms with van der Waals surface area (Å²) in [6, 6.07) is 4.34. The third-order valence-corrected chi connectivity index (χ3v) is 5.10. The second-order valence-corrected chi connectivity index (χ2v) is 6.99. The van der Waals surface area contributed by atoms with E-state index in [0.717, 1.165) is 30.4 Å². The molecule has 2 aliphatic rings. The molecule has 1 amide bonds. The lowest BCUT2D eigenvalue weighted by molar-refractivity contribution is -0.123. The van der Waals surface area contributed by atoms with Crippen LogP contribution in [0, 0.1) is 5.82 Å². The Kier molecular flexibility index (Phi) is 5.20. The molecule has 1 aliphatic carbocycles. The van der Waals surface area contributed by atoms with Gasteiger partial charge in [-0.25, -0.2) is 9.02 Å².